The van der Waals surface area contributed by atoms with Crippen molar-refractivity contribution < 1.29 is 4.74 Å². The molecule has 1 aliphatic rings. The lowest BCUT2D eigenvalue weighted by Crippen LogP contribution is -2.06. The van der Waals surface area contributed by atoms with Gasteiger partial charge in [-0.15, -0.1) is 0 Å². The molecule has 0 saturated carbocycles. The van der Waals surface area contributed by atoms with Crippen LogP contribution in [0.5, 0.6) is 5.75 Å². The van der Waals surface area contributed by atoms with E-state index in [-0.39, 0.29) is 0 Å². The Morgan fingerprint density at radius 1 is 1.15 bits per heavy atom. The minimum atomic E-state index is 0.794. The highest BCUT2D eigenvalue weighted by molar-refractivity contribution is 6.00. The number of aromatic nitrogens is 3. The van der Waals surface area contributed by atoms with Crippen molar-refractivity contribution in [1.29, 1.82) is 0 Å². The van der Waals surface area contributed by atoms with E-state index >= 15 is 0 Å². The average Bonchev–Trinajstić information content (AvgIpc) is 3.06. The lowest BCUT2D eigenvalue weighted by molar-refractivity contribution is 0.414. The maximum Gasteiger partial charge on any atom is 0.129 e. The van der Waals surface area contributed by atoms with Crippen LogP contribution in [-0.4, -0.2) is 28.0 Å². The molecule has 3 heterocycles. The van der Waals surface area contributed by atoms with Crippen molar-refractivity contribution in [2.45, 2.75) is 26.2 Å². The predicted octanol–water partition coefficient (Wildman–Crippen LogP) is 4.28. The maximum absolute atomic E-state index is 5.32. The van der Waals surface area contributed by atoms with Gasteiger partial charge in [-0.05, 0) is 56.0 Å². The van der Waals surface area contributed by atoms with Gasteiger partial charge in [-0.2, -0.15) is 5.10 Å². The highest BCUT2D eigenvalue weighted by Gasteiger charge is 2.14. The summed E-state index contributed by atoms with van der Waals surface area (Å²) in [7, 11) is 1.66. The molecule has 26 heavy (non-hydrogen) atoms. The van der Waals surface area contributed by atoms with Crippen molar-refractivity contribution >= 4 is 22.3 Å². The molecule has 6 nitrogen and oxygen atoms in total. The number of anilines is 1. The van der Waals surface area contributed by atoms with Crippen LogP contribution in [0.25, 0.3) is 10.9 Å². The summed E-state index contributed by atoms with van der Waals surface area (Å²) in [6.45, 7) is 2.13. The van der Waals surface area contributed by atoms with Crippen LogP contribution in [0.4, 0.5) is 5.69 Å². The van der Waals surface area contributed by atoms with Crippen LogP contribution in [-0.2, 0) is 0 Å². The smallest absolute Gasteiger partial charge is 0.129 e. The number of aliphatic imine (C=N–C) groups is 1. The second-order valence-electron chi connectivity index (χ2n) is 6.42. The van der Waals surface area contributed by atoms with E-state index in [0.29, 0.717) is 0 Å². The Labute approximate surface area is 152 Å². The van der Waals surface area contributed by atoms with Crippen LogP contribution < -0.4 is 10.1 Å². The quantitative estimate of drug-likeness (QED) is 0.738. The highest BCUT2D eigenvalue weighted by atomic mass is 16.5. The van der Waals surface area contributed by atoms with Gasteiger partial charge >= 0.3 is 0 Å². The van der Waals surface area contributed by atoms with Crippen molar-refractivity contribution in [3.05, 3.63) is 59.8 Å². The van der Waals surface area contributed by atoms with Crippen molar-refractivity contribution in [2.24, 2.45) is 4.99 Å². The maximum atomic E-state index is 5.32. The SMILES string of the molecule is COc1ccnc(C2=NC(Nc3ccc4[nH]ncc4c3)=C(C)CCC2)c1. The molecule has 0 amide bonds. The normalized spacial score (nSPS) is 14.9. The minimum absolute atomic E-state index is 0.794. The summed E-state index contributed by atoms with van der Waals surface area (Å²) in [6.07, 6.45) is 6.54. The Morgan fingerprint density at radius 3 is 2.96 bits per heavy atom. The molecule has 132 valence electrons. The van der Waals surface area contributed by atoms with E-state index in [2.05, 4.69) is 33.5 Å². The van der Waals surface area contributed by atoms with E-state index in [1.807, 2.05) is 30.5 Å². The molecule has 0 aliphatic carbocycles. The minimum Gasteiger partial charge on any atom is -0.497 e. The van der Waals surface area contributed by atoms with E-state index < -0.39 is 0 Å². The molecule has 2 N–H and O–H groups in total. The molecule has 1 aromatic carbocycles. The lowest BCUT2D eigenvalue weighted by Gasteiger charge is -2.11. The summed E-state index contributed by atoms with van der Waals surface area (Å²) < 4.78 is 5.32. The number of nitrogens with zero attached hydrogens (tertiary/aromatic N) is 3. The Kier molecular flexibility index (Phi) is 4.39. The van der Waals surface area contributed by atoms with E-state index in [1.54, 1.807) is 13.3 Å². The number of hydrogen-bond donors (Lipinski definition) is 2. The molecule has 3 aromatic rings. The Balaban J connectivity index is 1.67. The van der Waals surface area contributed by atoms with Crippen LogP contribution in [0.2, 0.25) is 0 Å². The molecule has 4 rings (SSSR count). The molecule has 0 atom stereocenters. The van der Waals surface area contributed by atoms with Crippen LogP contribution in [0.3, 0.4) is 0 Å². The summed E-state index contributed by atoms with van der Waals surface area (Å²) in [4.78, 5) is 9.39. The largest absolute Gasteiger partial charge is 0.497 e. The Hall–Kier alpha value is -3.15. The van der Waals surface area contributed by atoms with Crippen molar-refractivity contribution in [3.8, 4) is 5.75 Å². The molecule has 1 aliphatic heterocycles. The number of allylic oxidation sites excluding steroid dienone is 1. The van der Waals surface area contributed by atoms with Crippen molar-refractivity contribution in [2.75, 3.05) is 12.4 Å². The first kappa shape index (κ1) is 16.3. The number of H-pyrrole nitrogens is 1. The number of fused-ring (bicyclic) bond motifs is 1. The third-order valence-corrected chi connectivity index (χ3v) is 4.58. The van der Waals surface area contributed by atoms with Crippen LogP contribution in [0.1, 0.15) is 31.9 Å². The van der Waals surface area contributed by atoms with Gasteiger partial charge in [0, 0.05) is 23.3 Å². The fourth-order valence-electron chi connectivity index (χ4n) is 3.10. The van der Waals surface area contributed by atoms with Gasteiger partial charge in [0.1, 0.15) is 11.6 Å². The zero-order valence-corrected chi connectivity index (χ0v) is 14.9. The number of benzene rings is 1. The summed E-state index contributed by atoms with van der Waals surface area (Å²) >= 11 is 0. The van der Waals surface area contributed by atoms with Crippen molar-refractivity contribution in [1.82, 2.24) is 15.2 Å². The van der Waals surface area contributed by atoms with E-state index in [4.69, 9.17) is 9.73 Å². The number of rotatable bonds is 4. The first-order chi connectivity index (χ1) is 12.7. The van der Waals surface area contributed by atoms with Crippen molar-refractivity contribution in [3.63, 3.8) is 0 Å². The monoisotopic (exact) mass is 347 g/mol. The van der Waals surface area contributed by atoms with E-state index in [0.717, 1.165) is 58.8 Å². The Morgan fingerprint density at radius 2 is 2.08 bits per heavy atom. The topological polar surface area (TPSA) is 75.2 Å². The second kappa shape index (κ2) is 7.00. The number of aromatic amines is 1. The van der Waals surface area contributed by atoms with Gasteiger partial charge in [0.25, 0.3) is 0 Å². The first-order valence-corrected chi connectivity index (χ1v) is 8.71. The van der Waals surface area contributed by atoms with Crippen LogP contribution >= 0.6 is 0 Å². The molecule has 0 radical (unpaired) electrons. The van der Waals surface area contributed by atoms with Gasteiger partial charge in [0.2, 0.25) is 0 Å². The average molecular weight is 347 g/mol. The van der Waals surface area contributed by atoms with E-state index in [9.17, 15) is 0 Å². The molecular weight excluding hydrogens is 326 g/mol. The third kappa shape index (κ3) is 3.31. The van der Waals surface area contributed by atoms with Gasteiger partial charge in [-0.25, -0.2) is 4.99 Å². The fraction of sp³-hybridized carbons (Fsp3) is 0.250. The zero-order chi connectivity index (χ0) is 17.9. The van der Waals surface area contributed by atoms with Gasteiger partial charge < -0.3 is 10.1 Å². The van der Waals surface area contributed by atoms with Crippen LogP contribution in [0, 0.1) is 0 Å². The number of hydrogen-bond acceptors (Lipinski definition) is 5. The van der Waals surface area contributed by atoms with Gasteiger partial charge in [-0.3, -0.25) is 10.1 Å². The first-order valence-electron chi connectivity index (χ1n) is 8.71. The fourth-order valence-corrected chi connectivity index (χ4v) is 3.10. The van der Waals surface area contributed by atoms with Gasteiger partial charge in [-0.1, -0.05) is 0 Å². The standard InChI is InChI=1S/C20H21N5O/c1-13-4-3-5-18(19-11-16(26-2)8-9-21-19)24-20(13)23-15-6-7-17-14(10-15)12-22-25-17/h6-12,23H,3-5H2,1-2H3,(H,22,25). The summed E-state index contributed by atoms with van der Waals surface area (Å²) in [5.74, 6) is 1.69. The second-order valence-corrected chi connectivity index (χ2v) is 6.42. The summed E-state index contributed by atoms with van der Waals surface area (Å²) in [6, 6.07) is 9.91. The number of pyridine rings is 1. The lowest BCUT2D eigenvalue weighted by atomic mass is 10.1. The van der Waals surface area contributed by atoms with E-state index in [1.165, 1.54) is 5.57 Å². The Bertz CT molecular complexity index is 1000. The van der Waals surface area contributed by atoms with Gasteiger partial charge in [0.05, 0.1) is 30.2 Å². The molecule has 6 heteroatoms. The molecule has 0 spiro atoms. The molecule has 0 saturated heterocycles. The molecule has 0 bridgehead atoms. The highest BCUT2D eigenvalue weighted by Crippen LogP contribution is 2.25. The third-order valence-electron chi connectivity index (χ3n) is 4.58. The summed E-state index contributed by atoms with van der Waals surface area (Å²) in [5, 5.41) is 11.6. The molecule has 0 fully saturated rings. The molecule has 2 aromatic heterocycles. The molecule has 0 unspecified atom stereocenters. The predicted molar refractivity (Wildman–Crippen MR) is 104 cm³/mol. The zero-order valence-electron chi connectivity index (χ0n) is 14.9. The summed E-state index contributed by atoms with van der Waals surface area (Å²) in [5.41, 5.74) is 5.11. The van der Waals surface area contributed by atoms with Gasteiger partial charge in [0.15, 0.2) is 0 Å². The number of ether oxygens (including phenoxy) is 1. The van der Waals surface area contributed by atoms with Crippen LogP contribution in [0.15, 0.2) is 59.1 Å². The number of nitrogens with one attached hydrogen (secondary N) is 2. The molecular formula is C20H21N5O. The number of methoxy groups -OCH3 is 1.